The van der Waals surface area contributed by atoms with Crippen LogP contribution in [0.2, 0.25) is 5.15 Å². The summed E-state index contributed by atoms with van der Waals surface area (Å²) in [6.07, 6.45) is 6.91. The van der Waals surface area contributed by atoms with E-state index in [2.05, 4.69) is 29.4 Å². The zero-order valence-corrected chi connectivity index (χ0v) is 17.7. The van der Waals surface area contributed by atoms with E-state index in [1.807, 2.05) is 48.1 Å². The van der Waals surface area contributed by atoms with Crippen molar-refractivity contribution < 1.29 is 4.79 Å². The third-order valence-corrected chi connectivity index (χ3v) is 4.91. The van der Waals surface area contributed by atoms with Gasteiger partial charge in [-0.1, -0.05) is 49.7 Å². The van der Waals surface area contributed by atoms with Crippen LogP contribution in [0.1, 0.15) is 36.2 Å². The predicted molar refractivity (Wildman–Crippen MR) is 115 cm³/mol. The van der Waals surface area contributed by atoms with Gasteiger partial charge in [-0.25, -0.2) is 0 Å². The quantitative estimate of drug-likeness (QED) is 0.568. The van der Waals surface area contributed by atoms with E-state index in [1.54, 1.807) is 17.0 Å². The largest absolute Gasteiger partial charge is 0.348 e. The van der Waals surface area contributed by atoms with Gasteiger partial charge in [0, 0.05) is 37.1 Å². The lowest BCUT2D eigenvalue weighted by atomic mass is 10.1. The Balaban J connectivity index is 1.63. The van der Waals surface area contributed by atoms with E-state index in [4.69, 9.17) is 11.6 Å². The average Bonchev–Trinajstić information content (AvgIpc) is 3.28. The summed E-state index contributed by atoms with van der Waals surface area (Å²) in [5.41, 5.74) is 3.77. The van der Waals surface area contributed by atoms with Gasteiger partial charge in [-0.15, -0.1) is 0 Å². The van der Waals surface area contributed by atoms with Crippen LogP contribution < -0.4 is 5.32 Å². The van der Waals surface area contributed by atoms with Gasteiger partial charge in [0.2, 0.25) is 5.91 Å². The molecule has 0 saturated heterocycles. The van der Waals surface area contributed by atoms with Gasteiger partial charge in [0.05, 0.1) is 12.2 Å². The number of hydrogen-bond donors (Lipinski definition) is 1. The molecule has 0 aliphatic carbocycles. The second-order valence-corrected chi connectivity index (χ2v) is 7.75. The van der Waals surface area contributed by atoms with Crippen LogP contribution in [0, 0.1) is 12.8 Å². The van der Waals surface area contributed by atoms with E-state index >= 15 is 0 Å². The Kier molecular flexibility index (Phi) is 6.88. The Morgan fingerprint density at radius 1 is 1.24 bits per heavy atom. The minimum absolute atomic E-state index is 0.175. The zero-order valence-electron chi connectivity index (χ0n) is 17.0. The summed E-state index contributed by atoms with van der Waals surface area (Å²) in [5, 5.41) is 12.2. The standard InChI is InChI=1S/C22H26ClN5O/c1-16(2)14-28-22(23)20(17(3)26-28)9-10-21(29)24-13-18-7-4-5-8-19(18)15-27-12-6-11-25-27/h4-12,16H,13-15H2,1-3H3,(H,24,29)/b10-9+. The number of aromatic nitrogens is 4. The van der Waals surface area contributed by atoms with E-state index in [-0.39, 0.29) is 5.91 Å². The van der Waals surface area contributed by atoms with Crippen LogP contribution in [0.3, 0.4) is 0 Å². The van der Waals surface area contributed by atoms with Crippen molar-refractivity contribution in [2.45, 2.75) is 40.4 Å². The smallest absolute Gasteiger partial charge is 0.244 e. The number of carbonyl (C=O) groups excluding carboxylic acids is 1. The Morgan fingerprint density at radius 3 is 2.69 bits per heavy atom. The van der Waals surface area contributed by atoms with Gasteiger partial charge in [-0.3, -0.25) is 14.2 Å². The molecule has 1 amide bonds. The van der Waals surface area contributed by atoms with Crippen molar-refractivity contribution in [3.05, 3.63) is 76.3 Å². The van der Waals surface area contributed by atoms with Crippen LogP contribution in [0.15, 0.2) is 48.8 Å². The Hall–Kier alpha value is -2.86. The molecule has 0 spiro atoms. The molecule has 29 heavy (non-hydrogen) atoms. The lowest BCUT2D eigenvalue weighted by molar-refractivity contribution is -0.116. The van der Waals surface area contributed by atoms with Crippen molar-refractivity contribution in [2.75, 3.05) is 0 Å². The molecule has 152 valence electrons. The molecule has 0 saturated carbocycles. The van der Waals surface area contributed by atoms with Gasteiger partial charge < -0.3 is 5.32 Å². The lowest BCUT2D eigenvalue weighted by Gasteiger charge is -2.10. The van der Waals surface area contributed by atoms with Crippen molar-refractivity contribution in [2.24, 2.45) is 5.92 Å². The highest BCUT2D eigenvalue weighted by Crippen LogP contribution is 2.22. The third-order valence-electron chi connectivity index (χ3n) is 4.51. The van der Waals surface area contributed by atoms with Gasteiger partial charge in [0.1, 0.15) is 5.15 Å². The molecule has 7 heteroatoms. The number of nitrogens with zero attached hydrogens (tertiary/aromatic N) is 4. The maximum atomic E-state index is 12.3. The highest BCUT2D eigenvalue weighted by atomic mass is 35.5. The van der Waals surface area contributed by atoms with Gasteiger partial charge >= 0.3 is 0 Å². The maximum absolute atomic E-state index is 12.3. The van der Waals surface area contributed by atoms with Gasteiger partial charge in [0.15, 0.2) is 0 Å². The van der Waals surface area contributed by atoms with E-state index in [0.717, 1.165) is 28.9 Å². The van der Waals surface area contributed by atoms with Crippen LogP contribution in [-0.4, -0.2) is 25.5 Å². The number of benzene rings is 1. The van der Waals surface area contributed by atoms with Gasteiger partial charge in [-0.05, 0) is 36.1 Å². The first-order valence-electron chi connectivity index (χ1n) is 9.67. The summed E-state index contributed by atoms with van der Waals surface area (Å²) < 4.78 is 3.64. The van der Waals surface area contributed by atoms with E-state index in [0.29, 0.717) is 24.2 Å². The number of carbonyl (C=O) groups is 1. The minimum atomic E-state index is -0.175. The maximum Gasteiger partial charge on any atom is 0.244 e. The van der Waals surface area contributed by atoms with Crippen molar-refractivity contribution in [3.63, 3.8) is 0 Å². The molecule has 0 aliphatic heterocycles. The fraction of sp³-hybridized carbons (Fsp3) is 0.318. The monoisotopic (exact) mass is 411 g/mol. The normalized spacial score (nSPS) is 11.5. The lowest BCUT2D eigenvalue weighted by Crippen LogP contribution is -2.21. The minimum Gasteiger partial charge on any atom is -0.348 e. The first-order chi connectivity index (χ1) is 13.9. The summed E-state index contributed by atoms with van der Waals surface area (Å²) >= 11 is 6.43. The van der Waals surface area contributed by atoms with Crippen molar-refractivity contribution in [1.29, 1.82) is 0 Å². The van der Waals surface area contributed by atoms with Crippen LogP contribution in [-0.2, 0) is 24.4 Å². The van der Waals surface area contributed by atoms with Crippen molar-refractivity contribution in [1.82, 2.24) is 24.9 Å². The molecule has 1 N–H and O–H groups in total. The SMILES string of the molecule is Cc1nn(CC(C)C)c(Cl)c1/C=C/C(=O)NCc1ccccc1Cn1cccn1. The first kappa shape index (κ1) is 20.9. The first-order valence-corrected chi connectivity index (χ1v) is 10.0. The molecule has 2 aromatic heterocycles. The highest BCUT2D eigenvalue weighted by Gasteiger charge is 2.12. The fourth-order valence-electron chi connectivity index (χ4n) is 3.08. The molecule has 1 aromatic carbocycles. The fourth-order valence-corrected chi connectivity index (χ4v) is 3.38. The molecule has 0 fully saturated rings. The molecule has 2 heterocycles. The van der Waals surface area contributed by atoms with Gasteiger partial charge in [0.25, 0.3) is 0 Å². The molecule has 0 unspecified atom stereocenters. The average molecular weight is 412 g/mol. The van der Waals surface area contributed by atoms with E-state index < -0.39 is 0 Å². The summed E-state index contributed by atoms with van der Waals surface area (Å²) in [6, 6.07) is 9.91. The molecule has 0 aliphatic rings. The Morgan fingerprint density at radius 2 is 2.00 bits per heavy atom. The number of nitrogens with one attached hydrogen (secondary N) is 1. The summed E-state index contributed by atoms with van der Waals surface area (Å²) in [4.78, 5) is 12.3. The molecule has 3 aromatic rings. The zero-order chi connectivity index (χ0) is 20.8. The molecule has 6 nitrogen and oxygen atoms in total. The van der Waals surface area contributed by atoms with Crippen LogP contribution in [0.4, 0.5) is 0 Å². The van der Waals surface area contributed by atoms with Crippen molar-refractivity contribution >= 4 is 23.6 Å². The van der Waals surface area contributed by atoms with E-state index in [1.165, 1.54) is 6.08 Å². The summed E-state index contributed by atoms with van der Waals surface area (Å²) in [6.45, 7) is 7.97. The van der Waals surface area contributed by atoms with Crippen LogP contribution in [0.25, 0.3) is 6.08 Å². The molecule has 3 rings (SSSR count). The number of rotatable bonds is 8. The van der Waals surface area contributed by atoms with E-state index in [9.17, 15) is 4.79 Å². The van der Waals surface area contributed by atoms with Gasteiger partial charge in [-0.2, -0.15) is 10.2 Å². The van der Waals surface area contributed by atoms with Crippen LogP contribution >= 0.6 is 11.6 Å². The molecule has 0 atom stereocenters. The molecular formula is C22H26ClN5O. The summed E-state index contributed by atoms with van der Waals surface area (Å²) in [5.74, 6) is 0.264. The second kappa shape index (κ2) is 9.56. The molecular weight excluding hydrogens is 386 g/mol. The predicted octanol–water partition coefficient (Wildman–Crippen LogP) is 4.08. The molecule has 0 bridgehead atoms. The third kappa shape index (κ3) is 5.57. The van der Waals surface area contributed by atoms with Crippen LogP contribution in [0.5, 0.6) is 0 Å². The highest BCUT2D eigenvalue weighted by molar-refractivity contribution is 6.31. The Bertz CT molecular complexity index is 989. The number of amides is 1. The number of aryl methyl sites for hydroxylation is 1. The summed E-state index contributed by atoms with van der Waals surface area (Å²) in [7, 11) is 0. The topological polar surface area (TPSA) is 64.7 Å². The number of halogens is 1. The van der Waals surface area contributed by atoms with Crippen molar-refractivity contribution in [3.8, 4) is 0 Å². The molecule has 0 radical (unpaired) electrons. The number of hydrogen-bond acceptors (Lipinski definition) is 3. The second-order valence-electron chi connectivity index (χ2n) is 7.39. The Labute approximate surface area is 176 Å².